The van der Waals surface area contributed by atoms with Gasteiger partial charge in [0.05, 0.1) is 0 Å². The van der Waals surface area contributed by atoms with Gasteiger partial charge in [-0.2, -0.15) is 5.21 Å². The topological polar surface area (TPSA) is 93.4 Å². The Kier molecular flexibility index (Phi) is 1.80. The Morgan fingerprint density at radius 3 is 3.08 bits per heavy atom. The lowest BCUT2D eigenvalue weighted by Crippen LogP contribution is -2.13. The van der Waals surface area contributed by atoms with Crippen LogP contribution in [0.15, 0.2) is 11.6 Å². The van der Waals surface area contributed by atoms with Crippen LogP contribution in [0.3, 0.4) is 0 Å². The molecule has 0 radical (unpaired) electrons. The van der Waals surface area contributed by atoms with E-state index in [4.69, 9.17) is 5.73 Å². The van der Waals surface area contributed by atoms with Gasteiger partial charge in [-0.1, -0.05) is 5.21 Å². The Morgan fingerprint density at radius 2 is 2.50 bits per heavy atom. The molecule has 12 heavy (non-hydrogen) atoms. The van der Waals surface area contributed by atoms with Gasteiger partial charge in [-0.15, -0.1) is 21.5 Å². The zero-order valence-corrected chi connectivity index (χ0v) is 6.82. The van der Waals surface area contributed by atoms with Gasteiger partial charge in [-0.3, -0.25) is 0 Å². The number of aromatic amines is 1. The fraction of sp³-hybridized carbons (Fsp3) is 0.200. The predicted octanol–water partition coefficient (Wildman–Crippen LogP) is -0.296. The lowest BCUT2D eigenvalue weighted by molar-refractivity contribution is 0.777. The molecule has 6 nitrogen and oxygen atoms in total. The van der Waals surface area contributed by atoms with Crippen LogP contribution < -0.4 is 5.73 Å². The third-order valence-electron chi connectivity index (χ3n) is 1.36. The molecule has 1 atom stereocenters. The summed E-state index contributed by atoms with van der Waals surface area (Å²) in [6.07, 6.45) is 1.69. The van der Waals surface area contributed by atoms with Gasteiger partial charge >= 0.3 is 0 Å². The van der Waals surface area contributed by atoms with E-state index in [0.29, 0.717) is 5.82 Å². The highest BCUT2D eigenvalue weighted by Gasteiger charge is 2.15. The molecule has 0 aromatic carbocycles. The molecule has 0 fully saturated rings. The van der Waals surface area contributed by atoms with Crippen LogP contribution in [-0.4, -0.2) is 25.6 Å². The van der Waals surface area contributed by atoms with Crippen LogP contribution >= 0.6 is 11.3 Å². The van der Waals surface area contributed by atoms with Crippen LogP contribution in [0.2, 0.25) is 0 Å². The normalized spacial score (nSPS) is 13.1. The highest BCUT2D eigenvalue weighted by atomic mass is 32.1. The summed E-state index contributed by atoms with van der Waals surface area (Å²) in [5.41, 5.74) is 5.77. The number of nitrogens with one attached hydrogen (secondary N) is 1. The minimum absolute atomic E-state index is 0.372. The Bertz CT molecular complexity index is 292. The van der Waals surface area contributed by atoms with Crippen molar-refractivity contribution in [3.8, 4) is 0 Å². The van der Waals surface area contributed by atoms with E-state index in [1.165, 1.54) is 11.3 Å². The number of thiazole rings is 1. The molecule has 0 bridgehead atoms. The molecule has 0 aliphatic heterocycles. The number of nitrogens with two attached hydrogens (primary N) is 1. The van der Waals surface area contributed by atoms with Crippen molar-refractivity contribution in [2.75, 3.05) is 0 Å². The fourth-order valence-corrected chi connectivity index (χ4v) is 1.43. The number of tetrazole rings is 1. The van der Waals surface area contributed by atoms with Crippen LogP contribution in [-0.2, 0) is 0 Å². The maximum atomic E-state index is 5.77. The zero-order valence-electron chi connectivity index (χ0n) is 6.01. The summed E-state index contributed by atoms with van der Waals surface area (Å²) in [6.45, 7) is 0. The van der Waals surface area contributed by atoms with Crippen molar-refractivity contribution >= 4 is 11.3 Å². The number of H-pyrrole nitrogens is 1. The summed E-state index contributed by atoms with van der Waals surface area (Å²) in [5.74, 6) is 0.463. The molecule has 2 heterocycles. The first-order valence-electron chi connectivity index (χ1n) is 3.26. The van der Waals surface area contributed by atoms with E-state index in [-0.39, 0.29) is 6.04 Å². The maximum absolute atomic E-state index is 5.77. The summed E-state index contributed by atoms with van der Waals surface area (Å²) in [7, 11) is 0. The standard InChI is InChI=1S/C5H6N6S/c6-3(4-8-10-11-9-4)5-7-1-2-12-5/h1-3H,6H2,(H,8,9,10,11). The summed E-state index contributed by atoms with van der Waals surface area (Å²) >= 11 is 1.47. The lowest BCUT2D eigenvalue weighted by Gasteiger charge is -1.99. The molecule has 3 N–H and O–H groups in total. The number of nitrogens with zero attached hydrogens (tertiary/aromatic N) is 4. The van der Waals surface area contributed by atoms with Gasteiger partial charge < -0.3 is 5.73 Å². The first-order chi connectivity index (χ1) is 5.88. The molecule has 0 aliphatic rings. The van der Waals surface area contributed by atoms with Gasteiger partial charge in [-0.25, -0.2) is 4.98 Å². The van der Waals surface area contributed by atoms with Crippen molar-refractivity contribution in [2.24, 2.45) is 5.73 Å². The summed E-state index contributed by atoms with van der Waals surface area (Å²) in [6, 6.07) is -0.372. The third kappa shape index (κ3) is 1.19. The highest BCUT2D eigenvalue weighted by molar-refractivity contribution is 7.09. The molecule has 2 aromatic rings. The fourth-order valence-electron chi connectivity index (χ4n) is 0.800. The van der Waals surface area contributed by atoms with E-state index < -0.39 is 0 Å². The van der Waals surface area contributed by atoms with Crippen LogP contribution in [0.5, 0.6) is 0 Å². The SMILES string of the molecule is NC(c1nn[nH]n1)c1nccs1. The number of hydrogen-bond donors (Lipinski definition) is 2. The summed E-state index contributed by atoms with van der Waals surface area (Å²) in [5, 5.41) is 15.9. The van der Waals surface area contributed by atoms with Crippen LogP contribution in [0, 0.1) is 0 Å². The molecule has 0 spiro atoms. The molecule has 2 aromatic heterocycles. The lowest BCUT2D eigenvalue weighted by atomic mass is 10.3. The highest BCUT2D eigenvalue weighted by Crippen LogP contribution is 2.16. The van der Waals surface area contributed by atoms with Crippen molar-refractivity contribution in [2.45, 2.75) is 6.04 Å². The van der Waals surface area contributed by atoms with Crippen molar-refractivity contribution in [3.63, 3.8) is 0 Å². The molecule has 2 rings (SSSR count). The Labute approximate surface area is 71.8 Å². The van der Waals surface area contributed by atoms with E-state index >= 15 is 0 Å². The summed E-state index contributed by atoms with van der Waals surface area (Å²) < 4.78 is 0. The van der Waals surface area contributed by atoms with Crippen LogP contribution in [0.4, 0.5) is 0 Å². The largest absolute Gasteiger partial charge is 0.316 e. The molecule has 1 unspecified atom stereocenters. The van der Waals surface area contributed by atoms with E-state index in [1.54, 1.807) is 6.20 Å². The smallest absolute Gasteiger partial charge is 0.198 e. The van der Waals surface area contributed by atoms with E-state index in [9.17, 15) is 0 Å². The quantitative estimate of drug-likeness (QED) is 0.665. The van der Waals surface area contributed by atoms with Gasteiger partial charge in [0.2, 0.25) is 0 Å². The van der Waals surface area contributed by atoms with Crippen LogP contribution in [0.1, 0.15) is 16.9 Å². The van der Waals surface area contributed by atoms with Gasteiger partial charge in [0.25, 0.3) is 0 Å². The first kappa shape index (κ1) is 7.32. The number of hydrogen-bond acceptors (Lipinski definition) is 6. The second-order valence-electron chi connectivity index (χ2n) is 2.12. The van der Waals surface area contributed by atoms with Gasteiger partial charge in [-0.05, 0) is 0 Å². The minimum atomic E-state index is -0.372. The van der Waals surface area contributed by atoms with Crippen molar-refractivity contribution in [1.82, 2.24) is 25.6 Å². The van der Waals surface area contributed by atoms with E-state index in [0.717, 1.165) is 5.01 Å². The van der Waals surface area contributed by atoms with Crippen molar-refractivity contribution in [1.29, 1.82) is 0 Å². The Balaban J connectivity index is 2.27. The molecule has 0 amide bonds. The predicted molar refractivity (Wildman–Crippen MR) is 42.3 cm³/mol. The Morgan fingerprint density at radius 1 is 1.58 bits per heavy atom. The summed E-state index contributed by atoms with van der Waals surface area (Å²) in [4.78, 5) is 4.04. The molecule has 7 heteroatoms. The zero-order chi connectivity index (χ0) is 8.39. The second-order valence-corrected chi connectivity index (χ2v) is 3.04. The molecule has 0 aliphatic carbocycles. The van der Waals surface area contributed by atoms with E-state index in [2.05, 4.69) is 25.6 Å². The molecule has 0 saturated heterocycles. The first-order valence-corrected chi connectivity index (χ1v) is 4.14. The maximum Gasteiger partial charge on any atom is 0.198 e. The molecule has 0 saturated carbocycles. The third-order valence-corrected chi connectivity index (χ3v) is 2.22. The van der Waals surface area contributed by atoms with Crippen LogP contribution in [0.25, 0.3) is 0 Å². The molecular weight excluding hydrogens is 176 g/mol. The number of aromatic nitrogens is 5. The number of rotatable bonds is 2. The van der Waals surface area contributed by atoms with E-state index in [1.807, 2.05) is 5.38 Å². The van der Waals surface area contributed by atoms with Gasteiger partial charge in [0.1, 0.15) is 11.0 Å². The average molecular weight is 182 g/mol. The second kappa shape index (κ2) is 2.95. The minimum Gasteiger partial charge on any atom is -0.316 e. The molecule has 62 valence electrons. The van der Waals surface area contributed by atoms with Crippen molar-refractivity contribution < 1.29 is 0 Å². The Hall–Kier alpha value is -1.34. The molecular formula is C5H6N6S. The average Bonchev–Trinajstić information content (AvgIpc) is 2.77. The van der Waals surface area contributed by atoms with Crippen molar-refractivity contribution in [3.05, 3.63) is 22.4 Å². The van der Waals surface area contributed by atoms with Gasteiger partial charge in [0, 0.05) is 11.6 Å². The van der Waals surface area contributed by atoms with Gasteiger partial charge in [0.15, 0.2) is 5.82 Å². The monoisotopic (exact) mass is 182 g/mol.